The molecule has 7 atom stereocenters. The molecule has 1 spiro atoms. The van der Waals surface area contributed by atoms with E-state index in [9.17, 15) is 9.90 Å². The first-order chi connectivity index (χ1) is 8.89. The van der Waals surface area contributed by atoms with E-state index in [1.54, 1.807) is 0 Å². The zero-order valence-corrected chi connectivity index (χ0v) is 11.4. The molecule has 4 rings (SSSR count). The van der Waals surface area contributed by atoms with Gasteiger partial charge in [-0.25, -0.2) is 4.79 Å². The molecular weight excluding hydrogens is 244 g/mol. The quantitative estimate of drug-likeness (QED) is 0.408. The van der Waals surface area contributed by atoms with E-state index in [0.29, 0.717) is 17.9 Å². The maximum Gasteiger partial charge on any atom is 0.334 e. The molecular formula is C15H20O4. The van der Waals surface area contributed by atoms with Gasteiger partial charge in [0.25, 0.3) is 0 Å². The number of aliphatic hydroxyl groups excluding tert-OH is 1. The molecule has 4 aliphatic rings. The smallest absolute Gasteiger partial charge is 0.334 e. The molecule has 0 amide bonds. The van der Waals surface area contributed by atoms with Crippen LogP contribution in [-0.2, 0) is 14.3 Å². The Kier molecular flexibility index (Phi) is 2.03. The zero-order chi connectivity index (χ0) is 13.6. The summed E-state index contributed by atoms with van der Waals surface area (Å²) in [6.07, 6.45) is 1.83. The molecule has 0 aromatic rings. The number of aliphatic hydroxyl groups is 1. The van der Waals surface area contributed by atoms with Gasteiger partial charge in [0.1, 0.15) is 17.8 Å². The van der Waals surface area contributed by atoms with Crippen molar-refractivity contribution in [2.45, 2.75) is 57.0 Å². The van der Waals surface area contributed by atoms with Gasteiger partial charge in [0.2, 0.25) is 0 Å². The lowest BCUT2D eigenvalue weighted by molar-refractivity contribution is -0.143. The number of esters is 1. The van der Waals surface area contributed by atoms with Crippen LogP contribution in [-0.4, -0.2) is 35.0 Å². The fourth-order valence-electron chi connectivity index (χ4n) is 4.84. The van der Waals surface area contributed by atoms with Crippen LogP contribution in [0.5, 0.6) is 0 Å². The minimum atomic E-state index is -0.375. The van der Waals surface area contributed by atoms with Crippen molar-refractivity contribution in [2.75, 3.05) is 0 Å². The Labute approximate surface area is 112 Å². The van der Waals surface area contributed by atoms with Crippen molar-refractivity contribution in [1.29, 1.82) is 0 Å². The van der Waals surface area contributed by atoms with Crippen LogP contribution in [0.25, 0.3) is 0 Å². The van der Waals surface area contributed by atoms with Gasteiger partial charge >= 0.3 is 5.97 Å². The van der Waals surface area contributed by atoms with Gasteiger partial charge in [0.05, 0.1) is 6.10 Å². The number of epoxide rings is 1. The first kappa shape index (κ1) is 11.9. The standard InChI is InChI=1S/C15H20O4/c1-7-4-10(16)12-15(19-12)6-11-9(5-14(7,15)3)8(2)13(17)18-11/h7,9-12,16H,2,4-6H2,1,3H3/t7-,9+,10-,11+,12+,14+,15+/m0/s1. The summed E-state index contributed by atoms with van der Waals surface area (Å²) in [5.74, 6) is 0.260. The Morgan fingerprint density at radius 3 is 2.89 bits per heavy atom. The second kappa shape index (κ2) is 3.23. The van der Waals surface area contributed by atoms with Crippen molar-refractivity contribution in [1.82, 2.24) is 0 Å². The molecule has 2 saturated carbocycles. The average Bonchev–Trinajstić information content (AvgIpc) is 3.01. The molecule has 0 aromatic heterocycles. The fourth-order valence-corrected chi connectivity index (χ4v) is 4.84. The third-order valence-electron chi connectivity index (χ3n) is 6.30. The summed E-state index contributed by atoms with van der Waals surface area (Å²) in [4.78, 5) is 11.7. The molecule has 0 bridgehead atoms. The van der Waals surface area contributed by atoms with E-state index in [1.807, 2.05) is 0 Å². The van der Waals surface area contributed by atoms with Crippen LogP contribution >= 0.6 is 0 Å². The molecule has 0 radical (unpaired) electrons. The van der Waals surface area contributed by atoms with Crippen molar-refractivity contribution in [3.05, 3.63) is 12.2 Å². The van der Waals surface area contributed by atoms with E-state index in [1.165, 1.54) is 0 Å². The molecule has 104 valence electrons. The van der Waals surface area contributed by atoms with Gasteiger partial charge < -0.3 is 14.6 Å². The maximum absolute atomic E-state index is 11.7. The highest BCUT2D eigenvalue weighted by Crippen LogP contribution is 2.68. The topological polar surface area (TPSA) is 59.1 Å². The predicted octanol–water partition coefficient (Wildman–Crippen LogP) is 1.42. The molecule has 2 aliphatic carbocycles. The predicted molar refractivity (Wildman–Crippen MR) is 67.2 cm³/mol. The van der Waals surface area contributed by atoms with Gasteiger partial charge in [-0.05, 0) is 18.8 Å². The van der Waals surface area contributed by atoms with Crippen molar-refractivity contribution in [3.63, 3.8) is 0 Å². The van der Waals surface area contributed by atoms with Crippen molar-refractivity contribution < 1.29 is 19.4 Å². The van der Waals surface area contributed by atoms with E-state index in [-0.39, 0.29) is 41.2 Å². The number of ether oxygens (including phenoxy) is 2. The number of fused-ring (bicyclic) bond motifs is 1. The van der Waals surface area contributed by atoms with E-state index < -0.39 is 0 Å². The molecule has 4 fully saturated rings. The molecule has 0 aromatic carbocycles. The minimum Gasteiger partial charge on any atom is -0.458 e. The highest BCUT2D eigenvalue weighted by atomic mass is 16.6. The summed E-state index contributed by atoms with van der Waals surface area (Å²) in [7, 11) is 0. The number of rotatable bonds is 0. The van der Waals surface area contributed by atoms with Crippen molar-refractivity contribution in [3.8, 4) is 0 Å². The first-order valence-corrected chi connectivity index (χ1v) is 7.15. The molecule has 1 N–H and O–H groups in total. The van der Waals surface area contributed by atoms with Crippen LogP contribution < -0.4 is 0 Å². The summed E-state index contributed by atoms with van der Waals surface area (Å²) >= 11 is 0. The number of carbonyl (C=O) groups excluding carboxylic acids is 1. The van der Waals surface area contributed by atoms with E-state index in [4.69, 9.17) is 9.47 Å². The molecule has 2 saturated heterocycles. The van der Waals surface area contributed by atoms with E-state index >= 15 is 0 Å². The van der Waals surface area contributed by atoms with Gasteiger partial charge in [-0.2, -0.15) is 0 Å². The molecule has 2 aliphatic heterocycles. The summed E-state index contributed by atoms with van der Waals surface area (Å²) < 4.78 is 11.4. The summed E-state index contributed by atoms with van der Waals surface area (Å²) in [5, 5.41) is 10.1. The second-order valence-corrected chi connectivity index (χ2v) is 7.03. The van der Waals surface area contributed by atoms with Crippen LogP contribution in [0.15, 0.2) is 12.2 Å². The SMILES string of the molecule is C=C1C(=O)O[C@@H]2C[C@@]34O[C@@H]3[C@@H](O)C[C@H](C)[C@@]4(C)C[C@H]12. The van der Waals surface area contributed by atoms with Crippen LogP contribution in [0, 0.1) is 17.3 Å². The lowest BCUT2D eigenvalue weighted by Gasteiger charge is -2.51. The molecule has 0 unspecified atom stereocenters. The number of carbonyl (C=O) groups is 1. The third kappa shape index (κ3) is 1.20. The Hall–Kier alpha value is -0.870. The minimum absolute atomic E-state index is 0.00891. The van der Waals surface area contributed by atoms with Gasteiger partial charge in [0.15, 0.2) is 0 Å². The Morgan fingerprint density at radius 2 is 2.16 bits per heavy atom. The Bertz CT molecular complexity index is 487. The van der Waals surface area contributed by atoms with Gasteiger partial charge in [-0.3, -0.25) is 0 Å². The average molecular weight is 264 g/mol. The van der Waals surface area contributed by atoms with Crippen LogP contribution in [0.4, 0.5) is 0 Å². The van der Waals surface area contributed by atoms with Gasteiger partial charge in [-0.1, -0.05) is 20.4 Å². The van der Waals surface area contributed by atoms with E-state index in [2.05, 4.69) is 20.4 Å². The van der Waals surface area contributed by atoms with Gasteiger partial charge in [-0.15, -0.1) is 0 Å². The lowest BCUT2D eigenvalue weighted by atomic mass is 9.52. The van der Waals surface area contributed by atoms with Gasteiger partial charge in [0, 0.05) is 23.3 Å². The maximum atomic E-state index is 11.7. The van der Waals surface area contributed by atoms with Crippen LogP contribution in [0.3, 0.4) is 0 Å². The Balaban J connectivity index is 1.73. The van der Waals surface area contributed by atoms with Crippen molar-refractivity contribution >= 4 is 5.97 Å². The van der Waals surface area contributed by atoms with E-state index in [0.717, 1.165) is 12.8 Å². The first-order valence-electron chi connectivity index (χ1n) is 7.15. The molecule has 19 heavy (non-hydrogen) atoms. The van der Waals surface area contributed by atoms with Crippen molar-refractivity contribution in [2.24, 2.45) is 17.3 Å². The monoisotopic (exact) mass is 264 g/mol. The fraction of sp³-hybridized carbons (Fsp3) is 0.800. The second-order valence-electron chi connectivity index (χ2n) is 7.03. The lowest BCUT2D eigenvalue weighted by Crippen LogP contribution is -2.56. The Morgan fingerprint density at radius 1 is 1.42 bits per heavy atom. The van der Waals surface area contributed by atoms with Crippen LogP contribution in [0.2, 0.25) is 0 Å². The summed E-state index contributed by atoms with van der Waals surface area (Å²) in [6.45, 7) is 8.33. The van der Waals surface area contributed by atoms with Crippen LogP contribution in [0.1, 0.15) is 33.1 Å². The zero-order valence-electron chi connectivity index (χ0n) is 11.4. The summed E-state index contributed by atoms with van der Waals surface area (Å²) in [6, 6.07) is 0. The highest BCUT2D eigenvalue weighted by Gasteiger charge is 2.76. The molecule has 4 heteroatoms. The number of hydrogen-bond acceptors (Lipinski definition) is 4. The largest absolute Gasteiger partial charge is 0.458 e. The number of hydrogen-bond donors (Lipinski definition) is 1. The highest BCUT2D eigenvalue weighted by molar-refractivity contribution is 5.91. The molecule has 4 nitrogen and oxygen atoms in total. The third-order valence-corrected chi connectivity index (χ3v) is 6.30. The summed E-state index contributed by atoms with van der Waals surface area (Å²) in [5.41, 5.74) is 0.349. The normalized spacial score (nSPS) is 59.0. The molecule has 2 heterocycles.